The van der Waals surface area contributed by atoms with Gasteiger partial charge in [-0.3, -0.25) is 0 Å². The lowest BCUT2D eigenvalue weighted by Crippen LogP contribution is -2.23. The third kappa shape index (κ3) is 2.98. The highest BCUT2D eigenvalue weighted by Crippen LogP contribution is 2.33. The van der Waals surface area contributed by atoms with Crippen LogP contribution in [0.25, 0.3) is 0 Å². The van der Waals surface area contributed by atoms with E-state index >= 15 is 0 Å². The summed E-state index contributed by atoms with van der Waals surface area (Å²) in [6, 6.07) is 6.50. The lowest BCUT2D eigenvalue weighted by Gasteiger charge is -2.20. The van der Waals surface area contributed by atoms with Crippen LogP contribution >= 0.6 is 0 Å². The maximum absolute atomic E-state index is 5.80. The number of furan rings is 1. The minimum absolute atomic E-state index is 0.150. The summed E-state index contributed by atoms with van der Waals surface area (Å²) in [6.45, 7) is 11.3. The first-order chi connectivity index (χ1) is 9.99. The van der Waals surface area contributed by atoms with Gasteiger partial charge in [-0.05, 0) is 57.0 Å². The van der Waals surface area contributed by atoms with Crippen LogP contribution in [0.2, 0.25) is 0 Å². The topological polar surface area (TPSA) is 34.4 Å². The summed E-state index contributed by atoms with van der Waals surface area (Å²) in [6.07, 6.45) is 0. The minimum atomic E-state index is 0.150. The molecule has 1 unspecified atom stereocenters. The number of aryl methyl sites for hydroxylation is 3. The molecule has 114 valence electrons. The normalized spacial score (nSPS) is 12.5. The van der Waals surface area contributed by atoms with Crippen LogP contribution in [0.4, 0.5) is 0 Å². The Bertz CT molecular complexity index is 628. The highest BCUT2D eigenvalue weighted by Gasteiger charge is 2.22. The van der Waals surface area contributed by atoms with Crippen LogP contribution in [0.3, 0.4) is 0 Å². The maximum Gasteiger partial charge on any atom is 0.121 e. The molecule has 1 N–H and O–H groups in total. The lowest BCUT2D eigenvalue weighted by molar-refractivity contribution is 0.411. The summed E-state index contributed by atoms with van der Waals surface area (Å²) in [5, 5.41) is 3.57. The van der Waals surface area contributed by atoms with Gasteiger partial charge in [-0.1, -0.05) is 19.1 Å². The van der Waals surface area contributed by atoms with Gasteiger partial charge in [0.05, 0.1) is 13.2 Å². The molecule has 0 amide bonds. The Hall–Kier alpha value is -1.74. The molecule has 2 rings (SSSR count). The van der Waals surface area contributed by atoms with Gasteiger partial charge in [-0.15, -0.1) is 0 Å². The number of hydrogen-bond donors (Lipinski definition) is 1. The first-order valence-corrected chi connectivity index (χ1v) is 7.44. The smallest absolute Gasteiger partial charge is 0.121 e. The molecule has 0 radical (unpaired) electrons. The van der Waals surface area contributed by atoms with Gasteiger partial charge >= 0.3 is 0 Å². The van der Waals surface area contributed by atoms with Gasteiger partial charge in [0.1, 0.15) is 17.3 Å². The summed E-state index contributed by atoms with van der Waals surface area (Å²) in [5.41, 5.74) is 4.86. The maximum atomic E-state index is 5.80. The van der Waals surface area contributed by atoms with E-state index in [1.54, 1.807) is 7.11 Å². The van der Waals surface area contributed by atoms with E-state index in [-0.39, 0.29) is 6.04 Å². The molecule has 0 saturated heterocycles. The van der Waals surface area contributed by atoms with E-state index in [0.29, 0.717) is 0 Å². The number of methoxy groups -OCH3 is 1. The Labute approximate surface area is 127 Å². The zero-order valence-corrected chi connectivity index (χ0v) is 13.8. The van der Waals surface area contributed by atoms with Crippen molar-refractivity contribution in [2.45, 2.75) is 40.7 Å². The molecule has 1 aromatic heterocycles. The number of ether oxygens (including phenoxy) is 1. The van der Waals surface area contributed by atoms with Crippen LogP contribution in [0.1, 0.15) is 46.7 Å². The fourth-order valence-corrected chi connectivity index (χ4v) is 2.91. The van der Waals surface area contributed by atoms with E-state index in [9.17, 15) is 0 Å². The summed E-state index contributed by atoms with van der Waals surface area (Å²) >= 11 is 0. The minimum Gasteiger partial charge on any atom is -0.496 e. The molecule has 3 heteroatoms. The highest BCUT2D eigenvalue weighted by atomic mass is 16.5. The standard InChI is InChI=1S/C18H25NO2/c1-7-19-18(17-12(3)13(4)21-14(17)5)15-8-9-16(20-6)11(2)10-15/h8-10,18-19H,7H2,1-6H3. The van der Waals surface area contributed by atoms with Crippen LogP contribution in [0.5, 0.6) is 5.75 Å². The quantitative estimate of drug-likeness (QED) is 0.894. The predicted octanol–water partition coefficient (Wildman–Crippen LogP) is 4.22. The predicted molar refractivity (Wildman–Crippen MR) is 86.2 cm³/mol. The molecule has 3 nitrogen and oxygen atoms in total. The van der Waals surface area contributed by atoms with Crippen molar-refractivity contribution in [2.75, 3.05) is 13.7 Å². The monoisotopic (exact) mass is 287 g/mol. The second-order valence-electron chi connectivity index (χ2n) is 5.47. The molecule has 0 bridgehead atoms. The van der Waals surface area contributed by atoms with Gasteiger partial charge in [0.2, 0.25) is 0 Å². The Kier molecular flexibility index (Phi) is 4.73. The van der Waals surface area contributed by atoms with Gasteiger partial charge in [0.15, 0.2) is 0 Å². The second kappa shape index (κ2) is 6.35. The van der Waals surface area contributed by atoms with Crippen LogP contribution in [-0.2, 0) is 0 Å². The van der Waals surface area contributed by atoms with Crippen molar-refractivity contribution < 1.29 is 9.15 Å². The highest BCUT2D eigenvalue weighted by molar-refractivity contribution is 5.44. The molecule has 0 aliphatic rings. The van der Waals surface area contributed by atoms with E-state index < -0.39 is 0 Å². The van der Waals surface area contributed by atoms with Crippen LogP contribution in [-0.4, -0.2) is 13.7 Å². The first-order valence-electron chi connectivity index (χ1n) is 7.44. The molecule has 0 fully saturated rings. The van der Waals surface area contributed by atoms with E-state index in [1.165, 1.54) is 16.7 Å². The zero-order chi connectivity index (χ0) is 15.6. The largest absolute Gasteiger partial charge is 0.496 e. The van der Waals surface area contributed by atoms with Crippen molar-refractivity contribution in [1.82, 2.24) is 5.32 Å². The Morgan fingerprint density at radius 1 is 1.14 bits per heavy atom. The van der Waals surface area contributed by atoms with Crippen molar-refractivity contribution >= 4 is 0 Å². The lowest BCUT2D eigenvalue weighted by atomic mass is 9.94. The average Bonchev–Trinajstić information content (AvgIpc) is 2.70. The van der Waals surface area contributed by atoms with Crippen LogP contribution < -0.4 is 10.1 Å². The molecule has 1 atom stereocenters. The molecule has 1 aromatic carbocycles. The molecule has 2 aromatic rings. The molecule has 21 heavy (non-hydrogen) atoms. The molecule has 0 aliphatic carbocycles. The zero-order valence-electron chi connectivity index (χ0n) is 13.8. The molecule has 1 heterocycles. The Morgan fingerprint density at radius 2 is 1.86 bits per heavy atom. The summed E-state index contributed by atoms with van der Waals surface area (Å²) in [4.78, 5) is 0. The van der Waals surface area contributed by atoms with Gasteiger partial charge in [0.25, 0.3) is 0 Å². The van der Waals surface area contributed by atoms with Crippen molar-refractivity contribution in [1.29, 1.82) is 0 Å². The number of rotatable bonds is 5. The van der Waals surface area contributed by atoms with Crippen LogP contribution in [0, 0.1) is 27.7 Å². The van der Waals surface area contributed by atoms with Gasteiger partial charge in [-0.2, -0.15) is 0 Å². The van der Waals surface area contributed by atoms with Gasteiger partial charge < -0.3 is 14.5 Å². The fourth-order valence-electron chi connectivity index (χ4n) is 2.91. The number of hydrogen-bond acceptors (Lipinski definition) is 3. The van der Waals surface area contributed by atoms with E-state index in [0.717, 1.165) is 29.4 Å². The van der Waals surface area contributed by atoms with Crippen LogP contribution in [0.15, 0.2) is 22.6 Å². The van der Waals surface area contributed by atoms with E-state index in [4.69, 9.17) is 9.15 Å². The Balaban J connectivity index is 2.50. The third-order valence-electron chi connectivity index (χ3n) is 4.07. The van der Waals surface area contributed by atoms with Crippen molar-refractivity contribution in [3.63, 3.8) is 0 Å². The number of nitrogens with one attached hydrogen (secondary N) is 1. The van der Waals surface area contributed by atoms with Gasteiger partial charge in [0, 0.05) is 5.56 Å². The molecular weight excluding hydrogens is 262 g/mol. The first kappa shape index (κ1) is 15.6. The molecule has 0 spiro atoms. The summed E-state index contributed by atoms with van der Waals surface area (Å²) in [5.74, 6) is 2.91. The van der Waals surface area contributed by atoms with Crippen molar-refractivity contribution in [3.05, 3.63) is 52.0 Å². The van der Waals surface area contributed by atoms with Crippen molar-refractivity contribution in [3.8, 4) is 5.75 Å². The van der Waals surface area contributed by atoms with E-state index in [1.807, 2.05) is 19.9 Å². The SMILES string of the molecule is CCNC(c1ccc(OC)c(C)c1)c1c(C)oc(C)c1C. The third-order valence-corrected chi connectivity index (χ3v) is 4.07. The molecule has 0 aliphatic heterocycles. The molecule has 0 saturated carbocycles. The number of benzene rings is 1. The summed E-state index contributed by atoms with van der Waals surface area (Å²) < 4.78 is 11.2. The fraction of sp³-hybridized carbons (Fsp3) is 0.444. The van der Waals surface area contributed by atoms with E-state index in [2.05, 4.69) is 38.2 Å². The average molecular weight is 287 g/mol. The summed E-state index contributed by atoms with van der Waals surface area (Å²) in [7, 11) is 1.71. The Morgan fingerprint density at radius 3 is 2.33 bits per heavy atom. The molecular formula is C18H25NO2. The van der Waals surface area contributed by atoms with Gasteiger partial charge in [-0.25, -0.2) is 0 Å². The van der Waals surface area contributed by atoms with Crippen molar-refractivity contribution in [2.24, 2.45) is 0 Å². The second-order valence-corrected chi connectivity index (χ2v) is 5.47.